The molecule has 30 heavy (non-hydrogen) atoms. The molecule has 0 heterocycles. The van der Waals surface area contributed by atoms with Crippen molar-refractivity contribution in [1.82, 2.24) is 0 Å². The number of carboxylic acids is 4. The van der Waals surface area contributed by atoms with Crippen LogP contribution in [0.4, 0.5) is 0 Å². The van der Waals surface area contributed by atoms with Gasteiger partial charge in [0.1, 0.15) is 24.2 Å². The molecule has 0 fully saturated rings. The molecule has 0 spiro atoms. The molecule has 0 saturated heterocycles. The van der Waals surface area contributed by atoms with Crippen molar-refractivity contribution in [3.05, 3.63) is 0 Å². The smallest absolute Gasteiger partial charge is 0.321 e. The van der Waals surface area contributed by atoms with Gasteiger partial charge in [-0.25, -0.2) is 0 Å². The summed E-state index contributed by atoms with van der Waals surface area (Å²) in [4.78, 5) is 39.0. The van der Waals surface area contributed by atoms with Crippen molar-refractivity contribution >= 4 is 110 Å². The normalized spacial score (nSPS) is 12.5. The number of aliphatic carboxylic acids is 4. The molecule has 0 aliphatic carbocycles. The number of nitrogens with two attached hydrogens (primary N) is 4. The maximum Gasteiger partial charge on any atom is 0.321 e. The standard InChI is InChI=1S/4C3H7NO2S.2As/c4*4-2(1-7)3(5)6;;/h4*2,7H,1,4H2,(H,5,6);;/t4*2-;;/m0000../s1. The first-order chi connectivity index (χ1) is 12.7. The van der Waals surface area contributed by atoms with Gasteiger partial charge in [0.2, 0.25) is 0 Å². The zero-order valence-corrected chi connectivity index (χ0v) is 22.9. The van der Waals surface area contributed by atoms with E-state index in [1.165, 1.54) is 0 Å². The van der Waals surface area contributed by atoms with E-state index >= 15 is 0 Å². The summed E-state index contributed by atoms with van der Waals surface area (Å²) in [5.74, 6) is -3.26. The molecule has 12 N–H and O–H groups in total. The average Bonchev–Trinajstić information content (AvgIpc) is 2.66. The molecule has 0 aromatic heterocycles. The fraction of sp³-hybridized carbons (Fsp3) is 0.667. The van der Waals surface area contributed by atoms with Gasteiger partial charge in [-0.1, -0.05) is 0 Å². The van der Waals surface area contributed by atoms with E-state index in [4.69, 9.17) is 43.4 Å². The largest absolute Gasteiger partial charge is 0.480 e. The number of hydrogen-bond donors (Lipinski definition) is 12. The third-order valence-electron chi connectivity index (χ3n) is 2.06. The van der Waals surface area contributed by atoms with Crippen LogP contribution in [0, 0.1) is 0 Å². The molecule has 0 aromatic rings. The molecule has 4 atom stereocenters. The van der Waals surface area contributed by atoms with Crippen molar-refractivity contribution < 1.29 is 39.6 Å². The fourth-order valence-corrected chi connectivity index (χ4v) is 0.937. The monoisotopic (exact) mass is 634 g/mol. The predicted octanol–water partition coefficient (Wildman–Crippen LogP) is -3.45. The maximum atomic E-state index is 9.76. The van der Waals surface area contributed by atoms with E-state index in [9.17, 15) is 19.2 Å². The third kappa shape index (κ3) is 35.7. The molecular weight excluding hydrogens is 606 g/mol. The van der Waals surface area contributed by atoms with Crippen molar-refractivity contribution in [2.24, 2.45) is 22.9 Å². The molecule has 0 aliphatic rings. The molecule has 0 bridgehead atoms. The van der Waals surface area contributed by atoms with E-state index in [1.54, 1.807) is 0 Å². The first-order valence-corrected chi connectivity index (χ1v) is 9.63. The SMILES string of the molecule is N[C@@H](CS)C(=O)O.N[C@@H](CS)C(=O)O.N[C@@H](CS)C(=O)O.N[C@@H](CS)C(=O)O.[As].[As]. The number of carboxylic acid groups (broad SMARTS) is 4. The minimum Gasteiger partial charge on any atom is -0.480 e. The Labute approximate surface area is 218 Å². The Kier molecular flexibility index (Phi) is 42.9. The van der Waals surface area contributed by atoms with E-state index in [-0.39, 0.29) is 58.9 Å². The second-order valence-electron chi connectivity index (χ2n) is 4.51. The summed E-state index contributed by atoms with van der Waals surface area (Å²) < 4.78 is 0. The number of hydrogen-bond acceptors (Lipinski definition) is 12. The topological polar surface area (TPSA) is 253 Å². The second-order valence-corrected chi connectivity index (χ2v) is 5.97. The van der Waals surface area contributed by atoms with Gasteiger partial charge in [0, 0.05) is 58.9 Å². The molecular formula is C12H28As2N4O8S4. The first kappa shape index (κ1) is 44.0. The van der Waals surface area contributed by atoms with Gasteiger partial charge in [-0.2, -0.15) is 50.5 Å². The van der Waals surface area contributed by atoms with Crippen LogP contribution in [0.3, 0.4) is 0 Å². The predicted molar refractivity (Wildman–Crippen MR) is 129 cm³/mol. The molecule has 0 aliphatic heterocycles. The van der Waals surface area contributed by atoms with Gasteiger partial charge in [0.05, 0.1) is 0 Å². The maximum absolute atomic E-state index is 9.76. The summed E-state index contributed by atoms with van der Waals surface area (Å²) in [6, 6.07) is -3.27. The Balaban J connectivity index is -0.0000000626. The quantitative estimate of drug-likeness (QED) is 0.0920. The van der Waals surface area contributed by atoms with Crippen LogP contribution < -0.4 is 22.9 Å². The molecule has 0 aromatic carbocycles. The zero-order chi connectivity index (χ0) is 23.4. The minimum absolute atomic E-state index is 0. The van der Waals surface area contributed by atoms with E-state index in [0.717, 1.165) is 0 Å². The summed E-state index contributed by atoms with van der Waals surface area (Å²) >= 11 is 14.6. The van der Waals surface area contributed by atoms with Crippen LogP contribution in [0.5, 0.6) is 0 Å². The fourth-order valence-electron chi connectivity index (χ4n) is 0.312. The Morgan fingerprint density at radius 1 is 0.500 bits per heavy atom. The second kappa shape index (κ2) is 29.2. The minimum atomic E-state index is -1.00. The van der Waals surface area contributed by atoms with Gasteiger partial charge in [-0.3, -0.25) is 19.2 Å². The van der Waals surface area contributed by atoms with Crippen LogP contribution in [0.2, 0.25) is 0 Å². The Morgan fingerprint density at radius 3 is 0.600 bits per heavy atom. The van der Waals surface area contributed by atoms with E-state index in [2.05, 4.69) is 50.5 Å². The van der Waals surface area contributed by atoms with Crippen LogP contribution >= 0.6 is 50.5 Å². The number of rotatable bonds is 8. The third-order valence-corrected chi connectivity index (χ3v) is 3.63. The van der Waals surface area contributed by atoms with Crippen molar-refractivity contribution in [3.63, 3.8) is 0 Å². The molecule has 0 unspecified atom stereocenters. The number of carbonyl (C=O) groups is 4. The van der Waals surface area contributed by atoms with Crippen molar-refractivity contribution in [3.8, 4) is 0 Å². The molecule has 6 radical (unpaired) electrons. The summed E-state index contributed by atoms with van der Waals surface area (Å²) in [5, 5.41) is 32.0. The van der Waals surface area contributed by atoms with Gasteiger partial charge in [0.25, 0.3) is 0 Å². The molecule has 18 heteroatoms. The van der Waals surface area contributed by atoms with Crippen molar-refractivity contribution in [1.29, 1.82) is 0 Å². The summed E-state index contributed by atoms with van der Waals surface area (Å²) in [6.45, 7) is 0. The Morgan fingerprint density at radius 2 is 0.600 bits per heavy atom. The molecule has 178 valence electrons. The Hall–Kier alpha value is 0.237. The summed E-state index contributed by atoms with van der Waals surface area (Å²) in [5.41, 5.74) is 19.8. The van der Waals surface area contributed by atoms with Gasteiger partial charge in [-0.15, -0.1) is 0 Å². The van der Waals surface area contributed by atoms with Crippen molar-refractivity contribution in [2.45, 2.75) is 24.2 Å². The van der Waals surface area contributed by atoms with Gasteiger partial charge in [0.15, 0.2) is 0 Å². The zero-order valence-electron chi connectivity index (χ0n) is 15.6. The summed E-state index contributed by atoms with van der Waals surface area (Å²) in [7, 11) is 0. The van der Waals surface area contributed by atoms with Crippen LogP contribution in [0.25, 0.3) is 0 Å². The molecule has 0 amide bonds. The van der Waals surface area contributed by atoms with Gasteiger partial charge >= 0.3 is 23.9 Å². The number of thiol groups is 4. The van der Waals surface area contributed by atoms with E-state index < -0.39 is 48.0 Å². The van der Waals surface area contributed by atoms with Gasteiger partial charge in [-0.05, 0) is 0 Å². The van der Waals surface area contributed by atoms with E-state index in [0.29, 0.717) is 0 Å². The summed E-state index contributed by atoms with van der Waals surface area (Å²) in [6.07, 6.45) is 0. The van der Waals surface area contributed by atoms with Crippen molar-refractivity contribution in [2.75, 3.05) is 23.0 Å². The molecule has 0 rings (SSSR count). The Bertz CT molecular complexity index is 392. The molecule has 0 saturated carbocycles. The van der Waals surface area contributed by atoms with E-state index in [1.807, 2.05) is 0 Å². The van der Waals surface area contributed by atoms with Crippen LogP contribution in [-0.2, 0) is 19.2 Å². The van der Waals surface area contributed by atoms with Crippen LogP contribution in [0.15, 0.2) is 0 Å². The molecule has 12 nitrogen and oxygen atoms in total. The first-order valence-electron chi connectivity index (χ1n) is 7.10. The van der Waals surface area contributed by atoms with Gasteiger partial charge < -0.3 is 43.4 Å². The van der Waals surface area contributed by atoms with Crippen LogP contribution in [-0.4, -0.2) is 127 Å². The van der Waals surface area contributed by atoms with Crippen LogP contribution in [0.1, 0.15) is 0 Å². The average molecular weight is 634 g/mol.